The molecule has 2 saturated heterocycles. The van der Waals surface area contributed by atoms with Crippen molar-refractivity contribution >= 4 is 11.9 Å². The summed E-state index contributed by atoms with van der Waals surface area (Å²) in [7, 11) is 0. The minimum atomic E-state index is -0.279. The van der Waals surface area contributed by atoms with Gasteiger partial charge in [-0.2, -0.15) is 0 Å². The molecule has 0 bridgehead atoms. The Morgan fingerprint density at radius 1 is 1.04 bits per heavy atom. The molecule has 1 amide bonds. The van der Waals surface area contributed by atoms with Crippen LogP contribution in [0.2, 0.25) is 0 Å². The molecule has 0 aliphatic carbocycles. The highest BCUT2D eigenvalue weighted by Gasteiger charge is 2.50. The zero-order chi connectivity index (χ0) is 18.8. The number of amides is 1. The molecule has 0 aromatic heterocycles. The molecule has 1 aromatic carbocycles. The van der Waals surface area contributed by atoms with Gasteiger partial charge in [-0.25, -0.2) is 5.06 Å². The van der Waals surface area contributed by atoms with Crippen LogP contribution in [0.5, 0.6) is 0 Å². The molecule has 0 unspecified atom stereocenters. The van der Waals surface area contributed by atoms with Gasteiger partial charge < -0.3 is 4.74 Å². The van der Waals surface area contributed by atoms with Gasteiger partial charge in [0, 0.05) is 12.3 Å². The lowest BCUT2D eigenvalue weighted by Crippen LogP contribution is -2.41. The van der Waals surface area contributed by atoms with Gasteiger partial charge in [-0.15, -0.1) is 0 Å². The molecule has 2 aliphatic rings. The van der Waals surface area contributed by atoms with E-state index < -0.39 is 0 Å². The quantitative estimate of drug-likeness (QED) is 0.729. The predicted octanol–water partition coefficient (Wildman–Crippen LogP) is 3.58. The number of rotatable bonds is 6. The smallest absolute Gasteiger partial charge is 0.309 e. The average molecular weight is 359 g/mol. The van der Waals surface area contributed by atoms with Crippen LogP contribution in [0.15, 0.2) is 30.3 Å². The Hall–Kier alpha value is -1.88. The second-order valence-corrected chi connectivity index (χ2v) is 8.14. The first kappa shape index (κ1) is 18.9. The maximum absolute atomic E-state index is 12.9. The van der Waals surface area contributed by atoms with E-state index in [1.807, 2.05) is 44.2 Å². The van der Waals surface area contributed by atoms with Crippen molar-refractivity contribution in [3.05, 3.63) is 35.9 Å². The molecule has 2 heterocycles. The van der Waals surface area contributed by atoms with Crippen LogP contribution in [-0.4, -0.2) is 29.1 Å². The second kappa shape index (κ2) is 7.78. The molecule has 5 nitrogen and oxygen atoms in total. The van der Waals surface area contributed by atoms with Crippen molar-refractivity contribution in [1.82, 2.24) is 5.06 Å². The lowest BCUT2D eigenvalue weighted by atomic mass is 9.88. The fourth-order valence-corrected chi connectivity index (χ4v) is 3.93. The summed E-state index contributed by atoms with van der Waals surface area (Å²) in [6.07, 6.45) is 1.05. The monoisotopic (exact) mass is 359 g/mol. The van der Waals surface area contributed by atoms with Crippen molar-refractivity contribution < 1.29 is 19.2 Å². The number of benzene rings is 1. The Bertz CT molecular complexity index is 643. The van der Waals surface area contributed by atoms with Crippen molar-refractivity contribution in [3.63, 3.8) is 0 Å². The highest BCUT2D eigenvalue weighted by atomic mass is 16.7. The molecule has 0 spiro atoms. The van der Waals surface area contributed by atoms with Crippen LogP contribution in [0.4, 0.5) is 0 Å². The third kappa shape index (κ3) is 3.78. The van der Waals surface area contributed by atoms with Gasteiger partial charge in [0.2, 0.25) is 5.91 Å². The Kier molecular flexibility index (Phi) is 5.66. The van der Waals surface area contributed by atoms with Crippen LogP contribution in [0.1, 0.15) is 46.1 Å². The lowest BCUT2D eigenvalue weighted by molar-refractivity contribution is -0.207. The molecule has 2 fully saturated rings. The first-order valence-corrected chi connectivity index (χ1v) is 9.59. The summed E-state index contributed by atoms with van der Waals surface area (Å²) in [5.74, 6) is 0.146. The van der Waals surface area contributed by atoms with E-state index in [1.54, 1.807) is 0 Å². The molecule has 3 rings (SSSR count). The molecule has 2 aliphatic heterocycles. The molecule has 0 N–H and O–H groups in total. The molecular weight excluding hydrogens is 330 g/mol. The van der Waals surface area contributed by atoms with Crippen LogP contribution in [0.25, 0.3) is 0 Å². The van der Waals surface area contributed by atoms with E-state index in [0.29, 0.717) is 19.4 Å². The number of cyclic esters (lactones) is 1. The first-order valence-electron chi connectivity index (χ1n) is 9.59. The normalized spacial score (nSPS) is 29.1. The van der Waals surface area contributed by atoms with Gasteiger partial charge in [-0.1, -0.05) is 58.0 Å². The predicted molar refractivity (Wildman–Crippen MR) is 97.6 cm³/mol. The molecule has 142 valence electrons. The fourth-order valence-electron chi connectivity index (χ4n) is 3.93. The van der Waals surface area contributed by atoms with Crippen molar-refractivity contribution in [2.45, 2.75) is 59.3 Å². The van der Waals surface area contributed by atoms with E-state index >= 15 is 0 Å². The zero-order valence-corrected chi connectivity index (χ0v) is 16.1. The van der Waals surface area contributed by atoms with Gasteiger partial charge in [0.1, 0.15) is 12.7 Å². The van der Waals surface area contributed by atoms with Crippen molar-refractivity contribution in [3.8, 4) is 0 Å². The summed E-state index contributed by atoms with van der Waals surface area (Å²) in [5.41, 5.74) is 1.01. The van der Waals surface area contributed by atoms with E-state index in [0.717, 1.165) is 5.56 Å². The minimum absolute atomic E-state index is 0.00461. The van der Waals surface area contributed by atoms with Crippen LogP contribution >= 0.6 is 0 Å². The largest absolute Gasteiger partial charge is 0.460 e. The molecular formula is C21H29NO4. The maximum Gasteiger partial charge on any atom is 0.309 e. The fraction of sp³-hybridized carbons (Fsp3) is 0.619. The summed E-state index contributed by atoms with van der Waals surface area (Å²) < 4.78 is 5.67. The van der Waals surface area contributed by atoms with Gasteiger partial charge in [0.15, 0.2) is 0 Å². The highest BCUT2D eigenvalue weighted by Crippen LogP contribution is 2.39. The van der Waals surface area contributed by atoms with Crippen molar-refractivity contribution in [2.75, 3.05) is 0 Å². The molecule has 1 aromatic rings. The highest BCUT2D eigenvalue weighted by molar-refractivity contribution is 5.81. The van der Waals surface area contributed by atoms with Crippen LogP contribution < -0.4 is 0 Å². The number of carbonyl (C=O) groups is 2. The average Bonchev–Trinajstić information content (AvgIpc) is 3.14. The van der Waals surface area contributed by atoms with Gasteiger partial charge in [-0.3, -0.25) is 14.4 Å². The van der Waals surface area contributed by atoms with E-state index in [2.05, 4.69) is 13.8 Å². The number of nitrogens with zero attached hydrogens (tertiary/aromatic N) is 1. The molecule has 5 heteroatoms. The molecule has 4 atom stereocenters. The van der Waals surface area contributed by atoms with E-state index in [-0.39, 0.29) is 47.7 Å². The molecule has 0 saturated carbocycles. The van der Waals surface area contributed by atoms with Gasteiger partial charge in [-0.05, 0) is 23.8 Å². The summed E-state index contributed by atoms with van der Waals surface area (Å²) in [6, 6.07) is 9.59. The van der Waals surface area contributed by atoms with Gasteiger partial charge in [0.25, 0.3) is 0 Å². The Labute approximate surface area is 155 Å². The Morgan fingerprint density at radius 3 is 2.27 bits per heavy atom. The van der Waals surface area contributed by atoms with Crippen molar-refractivity contribution in [2.24, 2.45) is 23.7 Å². The van der Waals surface area contributed by atoms with E-state index in [9.17, 15) is 9.59 Å². The van der Waals surface area contributed by atoms with E-state index in [1.165, 1.54) is 5.06 Å². The van der Waals surface area contributed by atoms with Crippen LogP contribution in [0, 0.1) is 23.7 Å². The van der Waals surface area contributed by atoms with Gasteiger partial charge >= 0.3 is 5.97 Å². The summed E-state index contributed by atoms with van der Waals surface area (Å²) in [4.78, 5) is 31.0. The molecule has 26 heavy (non-hydrogen) atoms. The number of hydrogen-bond donors (Lipinski definition) is 0. The zero-order valence-electron chi connectivity index (χ0n) is 16.1. The Morgan fingerprint density at radius 2 is 1.69 bits per heavy atom. The van der Waals surface area contributed by atoms with Crippen LogP contribution in [-0.2, 0) is 25.8 Å². The SMILES string of the molecule is CC(C)[C@@H]1C[C@@H]([C@@H]2C[C@@H](C(C)C)C(=O)N2OCc2ccccc2)OC1=O. The lowest BCUT2D eigenvalue weighted by Gasteiger charge is -2.27. The minimum Gasteiger partial charge on any atom is -0.460 e. The summed E-state index contributed by atoms with van der Waals surface area (Å²) >= 11 is 0. The van der Waals surface area contributed by atoms with E-state index in [4.69, 9.17) is 9.57 Å². The Balaban J connectivity index is 1.75. The number of ether oxygens (including phenoxy) is 1. The summed E-state index contributed by atoms with van der Waals surface area (Å²) in [6.45, 7) is 8.52. The standard InChI is InChI=1S/C21H29NO4/c1-13(2)16-10-18(19-11-17(14(3)4)21(24)26-19)22(20(16)23)25-12-15-8-6-5-7-9-15/h5-9,13-14,16-19H,10-12H2,1-4H3/t16-,17-,18-,19-/m0/s1. The topological polar surface area (TPSA) is 55.8 Å². The van der Waals surface area contributed by atoms with Crippen LogP contribution in [0.3, 0.4) is 0 Å². The number of esters is 1. The molecule has 0 radical (unpaired) electrons. The number of hydroxylamine groups is 2. The second-order valence-electron chi connectivity index (χ2n) is 8.14. The third-order valence-corrected chi connectivity index (χ3v) is 5.64. The number of carbonyl (C=O) groups excluding carboxylic acids is 2. The summed E-state index contributed by atoms with van der Waals surface area (Å²) in [5, 5.41) is 1.50. The first-order chi connectivity index (χ1) is 12.4. The maximum atomic E-state index is 12.9. The third-order valence-electron chi connectivity index (χ3n) is 5.64. The number of hydrogen-bond acceptors (Lipinski definition) is 4. The van der Waals surface area contributed by atoms with Crippen molar-refractivity contribution in [1.29, 1.82) is 0 Å². The van der Waals surface area contributed by atoms with Gasteiger partial charge in [0.05, 0.1) is 12.0 Å².